The second kappa shape index (κ2) is 4.41. The quantitative estimate of drug-likeness (QED) is 0.580. The SMILES string of the molecule is O=C(c1ccccc1)c1ccc2[nH]c(=O)[se]c2c1. The molecule has 1 heterocycles. The van der Waals surface area contributed by atoms with E-state index in [2.05, 4.69) is 4.98 Å². The Bertz CT molecular complexity index is 771. The van der Waals surface area contributed by atoms with Crippen molar-refractivity contribution in [3.05, 3.63) is 68.9 Å². The fourth-order valence-corrected chi connectivity index (χ4v) is 3.47. The van der Waals surface area contributed by atoms with Gasteiger partial charge in [-0.25, -0.2) is 0 Å². The van der Waals surface area contributed by atoms with Crippen LogP contribution in [0.25, 0.3) is 9.78 Å². The van der Waals surface area contributed by atoms with Gasteiger partial charge >= 0.3 is 109 Å². The summed E-state index contributed by atoms with van der Waals surface area (Å²) in [5.41, 5.74) is 2.14. The summed E-state index contributed by atoms with van der Waals surface area (Å²) < 4.78 is 0.996. The van der Waals surface area contributed by atoms with Gasteiger partial charge in [-0.15, -0.1) is 0 Å². The van der Waals surface area contributed by atoms with E-state index >= 15 is 0 Å². The van der Waals surface area contributed by atoms with Crippen LogP contribution in [0.15, 0.2) is 53.3 Å². The summed E-state index contributed by atoms with van der Waals surface area (Å²) in [5, 5.41) is 0. The number of rotatable bonds is 2. The summed E-state index contributed by atoms with van der Waals surface area (Å²) >= 11 is -0.220. The number of aromatic nitrogens is 1. The Balaban J connectivity index is 2.09. The van der Waals surface area contributed by atoms with E-state index in [1.165, 1.54) is 0 Å². The summed E-state index contributed by atoms with van der Waals surface area (Å²) in [6, 6.07) is 14.5. The Morgan fingerprint density at radius 2 is 1.78 bits per heavy atom. The van der Waals surface area contributed by atoms with E-state index < -0.39 is 0 Å². The number of ketones is 1. The molecule has 2 aromatic carbocycles. The molecule has 0 saturated heterocycles. The van der Waals surface area contributed by atoms with E-state index in [9.17, 15) is 9.59 Å². The van der Waals surface area contributed by atoms with Gasteiger partial charge in [0.15, 0.2) is 0 Å². The van der Waals surface area contributed by atoms with E-state index in [1.54, 1.807) is 24.3 Å². The normalized spacial score (nSPS) is 10.7. The molecule has 4 heteroatoms. The van der Waals surface area contributed by atoms with Crippen molar-refractivity contribution in [3.8, 4) is 0 Å². The molecule has 1 aromatic heterocycles. The zero-order valence-electron chi connectivity index (χ0n) is 9.34. The first-order chi connectivity index (χ1) is 8.74. The molecule has 3 aromatic rings. The fraction of sp³-hybridized carbons (Fsp3) is 0. The number of carbonyl (C=O) groups is 1. The Labute approximate surface area is 109 Å². The van der Waals surface area contributed by atoms with Crippen molar-refractivity contribution < 1.29 is 4.79 Å². The third-order valence-electron chi connectivity index (χ3n) is 2.72. The molecular formula is C14H9NO2Se. The van der Waals surface area contributed by atoms with Gasteiger partial charge < -0.3 is 0 Å². The molecule has 0 radical (unpaired) electrons. The van der Waals surface area contributed by atoms with E-state index in [0.29, 0.717) is 11.1 Å². The topological polar surface area (TPSA) is 49.9 Å². The average molecular weight is 302 g/mol. The summed E-state index contributed by atoms with van der Waals surface area (Å²) in [5.74, 6) is -0.00597. The van der Waals surface area contributed by atoms with Crippen molar-refractivity contribution in [1.29, 1.82) is 0 Å². The van der Waals surface area contributed by atoms with Crippen LogP contribution in [0.3, 0.4) is 0 Å². The van der Waals surface area contributed by atoms with Gasteiger partial charge in [0.2, 0.25) is 0 Å². The van der Waals surface area contributed by atoms with Crippen LogP contribution in [-0.4, -0.2) is 25.3 Å². The molecule has 0 bridgehead atoms. The second-order valence-corrected chi connectivity index (χ2v) is 6.05. The van der Waals surface area contributed by atoms with Crippen LogP contribution < -0.4 is 4.43 Å². The van der Waals surface area contributed by atoms with Gasteiger partial charge in [0.05, 0.1) is 0 Å². The molecule has 0 amide bonds. The van der Waals surface area contributed by atoms with Crippen molar-refractivity contribution in [1.82, 2.24) is 4.98 Å². The predicted molar refractivity (Wildman–Crippen MR) is 71.4 cm³/mol. The molecule has 3 nitrogen and oxygen atoms in total. The zero-order valence-corrected chi connectivity index (χ0v) is 11.1. The molecule has 0 spiro atoms. The van der Waals surface area contributed by atoms with Gasteiger partial charge in [0, 0.05) is 0 Å². The van der Waals surface area contributed by atoms with Crippen LogP contribution in [-0.2, 0) is 0 Å². The number of hydrogen-bond acceptors (Lipinski definition) is 2. The average Bonchev–Trinajstić information content (AvgIpc) is 2.78. The molecule has 0 aliphatic rings. The van der Waals surface area contributed by atoms with Crippen molar-refractivity contribution in [3.63, 3.8) is 0 Å². The molecule has 0 aliphatic carbocycles. The van der Waals surface area contributed by atoms with Gasteiger partial charge in [-0.3, -0.25) is 0 Å². The number of hydrogen-bond donors (Lipinski definition) is 1. The van der Waals surface area contributed by atoms with Crippen LogP contribution in [0, 0.1) is 0 Å². The number of nitrogens with one attached hydrogen (secondary N) is 1. The standard InChI is InChI=1S/C14H9NO2Se/c16-13(9-4-2-1-3-5-9)10-6-7-11-12(8-10)18-14(17)15-11/h1-8H,(H,15,17). The molecule has 88 valence electrons. The Morgan fingerprint density at radius 1 is 1.00 bits per heavy atom. The number of benzene rings is 2. The maximum atomic E-state index is 12.2. The molecule has 0 saturated carbocycles. The second-order valence-electron chi connectivity index (χ2n) is 3.92. The van der Waals surface area contributed by atoms with Crippen LogP contribution in [0.4, 0.5) is 0 Å². The predicted octanol–water partition coefficient (Wildman–Crippen LogP) is 1.82. The summed E-state index contributed by atoms with van der Waals surface area (Å²) in [6.07, 6.45) is 0. The number of H-pyrrole nitrogens is 1. The number of aromatic amines is 1. The Morgan fingerprint density at radius 3 is 2.56 bits per heavy atom. The molecule has 1 N–H and O–H groups in total. The molecule has 0 fully saturated rings. The minimum atomic E-state index is -0.220. The van der Waals surface area contributed by atoms with Crippen LogP contribution >= 0.6 is 0 Å². The van der Waals surface area contributed by atoms with Gasteiger partial charge in [-0.2, -0.15) is 0 Å². The summed E-state index contributed by atoms with van der Waals surface area (Å²) in [4.78, 5) is 26.3. The van der Waals surface area contributed by atoms with Gasteiger partial charge in [0.1, 0.15) is 0 Å². The zero-order chi connectivity index (χ0) is 12.5. The molecule has 0 aliphatic heterocycles. The number of carbonyl (C=O) groups excluding carboxylic acids is 1. The van der Waals surface area contributed by atoms with Gasteiger partial charge in [0.25, 0.3) is 0 Å². The van der Waals surface area contributed by atoms with Gasteiger partial charge in [-0.1, -0.05) is 0 Å². The monoisotopic (exact) mass is 303 g/mol. The molecule has 0 unspecified atom stereocenters. The van der Waals surface area contributed by atoms with E-state index in [0.717, 1.165) is 9.78 Å². The third kappa shape index (κ3) is 1.96. The molecular weight excluding hydrogens is 293 g/mol. The van der Waals surface area contributed by atoms with Crippen LogP contribution in [0.1, 0.15) is 15.9 Å². The van der Waals surface area contributed by atoms with Crippen molar-refractivity contribution in [2.24, 2.45) is 0 Å². The minimum absolute atomic E-state index is 0.00597. The summed E-state index contributed by atoms with van der Waals surface area (Å²) in [7, 11) is 0. The van der Waals surface area contributed by atoms with Gasteiger partial charge in [-0.05, 0) is 0 Å². The Kier molecular flexibility index (Phi) is 2.74. The van der Waals surface area contributed by atoms with Crippen molar-refractivity contribution in [2.75, 3.05) is 0 Å². The van der Waals surface area contributed by atoms with Crippen molar-refractivity contribution in [2.45, 2.75) is 0 Å². The van der Waals surface area contributed by atoms with E-state index in [1.807, 2.05) is 24.3 Å². The molecule has 3 rings (SSSR count). The summed E-state index contributed by atoms with van der Waals surface area (Å²) in [6.45, 7) is 0. The first kappa shape index (κ1) is 11.2. The van der Waals surface area contributed by atoms with E-state index in [4.69, 9.17) is 0 Å². The first-order valence-electron chi connectivity index (χ1n) is 5.47. The van der Waals surface area contributed by atoms with E-state index in [-0.39, 0.29) is 24.7 Å². The molecule has 18 heavy (non-hydrogen) atoms. The number of fused-ring (bicyclic) bond motifs is 1. The Hall–Kier alpha value is -1.90. The first-order valence-corrected chi connectivity index (χ1v) is 7.18. The van der Waals surface area contributed by atoms with Crippen LogP contribution in [0.5, 0.6) is 0 Å². The molecule has 0 atom stereocenters. The maximum absolute atomic E-state index is 12.2. The third-order valence-corrected chi connectivity index (χ3v) is 4.49. The van der Waals surface area contributed by atoms with Crippen molar-refractivity contribution >= 4 is 30.1 Å². The fourth-order valence-electron chi connectivity index (χ4n) is 1.84. The van der Waals surface area contributed by atoms with Crippen LogP contribution in [0.2, 0.25) is 0 Å².